The molecular weight excluding hydrogens is 340 g/mol. The predicted molar refractivity (Wildman–Crippen MR) is 108 cm³/mol. The number of aryl methyl sites for hydroxylation is 1. The lowest BCUT2D eigenvalue weighted by Gasteiger charge is -2.36. The number of aromatic nitrogens is 1. The van der Waals surface area contributed by atoms with Gasteiger partial charge >= 0.3 is 0 Å². The summed E-state index contributed by atoms with van der Waals surface area (Å²) in [5.41, 5.74) is 1.18. The molecule has 2 aromatic rings. The zero-order chi connectivity index (χ0) is 18.9. The number of nitrogens with one attached hydrogen (secondary N) is 1. The van der Waals surface area contributed by atoms with E-state index in [-0.39, 0.29) is 5.91 Å². The molecule has 27 heavy (non-hydrogen) atoms. The Balaban J connectivity index is 1.30. The number of nitrogens with zero attached hydrogens (tertiary/aromatic N) is 3. The van der Waals surface area contributed by atoms with E-state index in [4.69, 9.17) is 4.74 Å². The summed E-state index contributed by atoms with van der Waals surface area (Å²) in [7, 11) is 1.72. The van der Waals surface area contributed by atoms with Crippen molar-refractivity contribution in [2.75, 3.05) is 51.3 Å². The lowest BCUT2D eigenvalue weighted by molar-refractivity contribution is -0.121. The molecule has 0 bridgehead atoms. The SMILES string of the molecule is COc1ccccc1N1CCN(CCCNC(=O)CCn2cccc2)CC1. The zero-order valence-electron chi connectivity index (χ0n) is 16.1. The molecule has 0 spiro atoms. The number of amides is 1. The molecule has 6 heteroatoms. The Bertz CT molecular complexity index is 694. The predicted octanol–water partition coefficient (Wildman–Crippen LogP) is 2.22. The molecule has 1 aromatic heterocycles. The van der Waals surface area contributed by atoms with Crippen molar-refractivity contribution in [1.82, 2.24) is 14.8 Å². The zero-order valence-corrected chi connectivity index (χ0v) is 16.1. The fourth-order valence-corrected chi connectivity index (χ4v) is 3.47. The van der Waals surface area contributed by atoms with Crippen LogP contribution in [-0.2, 0) is 11.3 Å². The Hall–Kier alpha value is -2.47. The minimum Gasteiger partial charge on any atom is -0.495 e. The van der Waals surface area contributed by atoms with Crippen molar-refractivity contribution in [3.8, 4) is 5.75 Å². The van der Waals surface area contributed by atoms with Crippen LogP contribution >= 0.6 is 0 Å². The second-order valence-corrected chi connectivity index (χ2v) is 6.87. The van der Waals surface area contributed by atoms with Crippen molar-refractivity contribution in [3.05, 3.63) is 48.8 Å². The maximum atomic E-state index is 11.9. The van der Waals surface area contributed by atoms with Crippen molar-refractivity contribution in [1.29, 1.82) is 0 Å². The molecule has 0 radical (unpaired) electrons. The van der Waals surface area contributed by atoms with Crippen LogP contribution in [0, 0.1) is 0 Å². The summed E-state index contributed by atoms with van der Waals surface area (Å²) in [6.07, 6.45) is 5.49. The second kappa shape index (κ2) is 10.0. The maximum absolute atomic E-state index is 11.9. The Morgan fingerprint density at radius 1 is 1.04 bits per heavy atom. The Morgan fingerprint density at radius 2 is 1.78 bits per heavy atom. The van der Waals surface area contributed by atoms with E-state index in [1.54, 1.807) is 7.11 Å². The highest BCUT2D eigenvalue weighted by molar-refractivity contribution is 5.75. The van der Waals surface area contributed by atoms with Crippen molar-refractivity contribution >= 4 is 11.6 Å². The smallest absolute Gasteiger partial charge is 0.221 e. The van der Waals surface area contributed by atoms with Gasteiger partial charge in [0.25, 0.3) is 0 Å². The largest absolute Gasteiger partial charge is 0.495 e. The van der Waals surface area contributed by atoms with Crippen molar-refractivity contribution in [2.24, 2.45) is 0 Å². The number of anilines is 1. The number of methoxy groups -OCH3 is 1. The van der Waals surface area contributed by atoms with Crippen molar-refractivity contribution in [3.63, 3.8) is 0 Å². The third-order valence-corrected chi connectivity index (χ3v) is 5.03. The van der Waals surface area contributed by atoms with E-state index < -0.39 is 0 Å². The fraction of sp³-hybridized carbons (Fsp3) is 0.476. The van der Waals surface area contributed by atoms with E-state index in [0.29, 0.717) is 6.42 Å². The monoisotopic (exact) mass is 370 g/mol. The molecule has 1 fully saturated rings. The van der Waals surface area contributed by atoms with Crippen LogP contribution < -0.4 is 15.0 Å². The Kier molecular flexibility index (Phi) is 7.16. The standard InChI is InChI=1S/C21H30N4O2/c1-27-20-8-3-2-7-19(20)25-17-15-24(16-18-25)13-6-10-22-21(26)9-14-23-11-4-5-12-23/h2-5,7-8,11-12H,6,9-10,13-18H2,1H3,(H,22,26). The molecule has 1 aliphatic heterocycles. The number of piperazine rings is 1. The lowest BCUT2D eigenvalue weighted by Crippen LogP contribution is -2.47. The molecule has 1 aromatic carbocycles. The summed E-state index contributed by atoms with van der Waals surface area (Å²) in [6, 6.07) is 12.2. The minimum atomic E-state index is 0.129. The summed E-state index contributed by atoms with van der Waals surface area (Å²) < 4.78 is 7.50. The number of rotatable bonds is 9. The van der Waals surface area contributed by atoms with E-state index in [1.807, 2.05) is 41.2 Å². The van der Waals surface area contributed by atoms with Gasteiger partial charge in [-0.05, 0) is 37.2 Å². The number of ether oxygens (including phenoxy) is 1. The van der Waals surface area contributed by atoms with Crippen LogP contribution in [0.4, 0.5) is 5.69 Å². The first-order valence-corrected chi connectivity index (χ1v) is 9.74. The second-order valence-electron chi connectivity index (χ2n) is 6.87. The molecule has 1 saturated heterocycles. The fourth-order valence-electron chi connectivity index (χ4n) is 3.47. The average molecular weight is 370 g/mol. The van der Waals surface area contributed by atoms with Crippen LogP contribution in [0.1, 0.15) is 12.8 Å². The van der Waals surface area contributed by atoms with Gasteiger partial charge in [0, 0.05) is 58.1 Å². The topological polar surface area (TPSA) is 49.7 Å². The molecule has 6 nitrogen and oxygen atoms in total. The normalized spacial score (nSPS) is 14.9. The summed E-state index contributed by atoms with van der Waals surface area (Å²) in [5, 5.41) is 3.03. The summed E-state index contributed by atoms with van der Waals surface area (Å²) in [4.78, 5) is 16.8. The number of benzene rings is 1. The van der Waals surface area contributed by atoms with Crippen LogP contribution in [0.3, 0.4) is 0 Å². The van der Waals surface area contributed by atoms with Crippen LogP contribution in [0.5, 0.6) is 5.75 Å². The highest BCUT2D eigenvalue weighted by atomic mass is 16.5. The number of hydrogen-bond donors (Lipinski definition) is 1. The molecule has 1 N–H and O–H groups in total. The average Bonchev–Trinajstić information content (AvgIpc) is 3.24. The number of hydrogen-bond acceptors (Lipinski definition) is 4. The van der Waals surface area contributed by atoms with Gasteiger partial charge in [-0.3, -0.25) is 9.69 Å². The van der Waals surface area contributed by atoms with E-state index in [1.165, 1.54) is 5.69 Å². The first kappa shape index (κ1) is 19.3. The molecule has 2 heterocycles. The lowest BCUT2D eigenvalue weighted by atomic mass is 10.2. The van der Waals surface area contributed by atoms with Crippen LogP contribution in [0.2, 0.25) is 0 Å². The third-order valence-electron chi connectivity index (χ3n) is 5.03. The van der Waals surface area contributed by atoms with Gasteiger partial charge in [-0.1, -0.05) is 12.1 Å². The summed E-state index contributed by atoms with van der Waals surface area (Å²) in [5.74, 6) is 1.07. The molecular formula is C21H30N4O2. The van der Waals surface area contributed by atoms with E-state index >= 15 is 0 Å². The number of para-hydroxylation sites is 2. The third kappa shape index (κ3) is 5.76. The quantitative estimate of drug-likeness (QED) is 0.688. The van der Waals surface area contributed by atoms with Gasteiger partial charge in [-0.15, -0.1) is 0 Å². The maximum Gasteiger partial charge on any atom is 0.221 e. The van der Waals surface area contributed by atoms with E-state index in [0.717, 1.165) is 58.0 Å². The van der Waals surface area contributed by atoms with Gasteiger partial charge in [0.05, 0.1) is 12.8 Å². The van der Waals surface area contributed by atoms with Gasteiger partial charge in [-0.2, -0.15) is 0 Å². The summed E-state index contributed by atoms with van der Waals surface area (Å²) in [6.45, 7) is 6.60. The van der Waals surface area contributed by atoms with Crippen molar-refractivity contribution in [2.45, 2.75) is 19.4 Å². The molecule has 0 atom stereocenters. The van der Waals surface area contributed by atoms with Crippen LogP contribution in [0.25, 0.3) is 0 Å². The van der Waals surface area contributed by atoms with Gasteiger partial charge in [0.1, 0.15) is 5.75 Å². The Morgan fingerprint density at radius 3 is 2.52 bits per heavy atom. The first-order valence-electron chi connectivity index (χ1n) is 9.74. The number of carbonyl (C=O) groups is 1. The Labute approximate surface area is 161 Å². The molecule has 3 rings (SSSR count). The molecule has 1 aliphatic rings. The van der Waals surface area contributed by atoms with E-state index in [2.05, 4.69) is 27.2 Å². The van der Waals surface area contributed by atoms with E-state index in [9.17, 15) is 4.79 Å². The van der Waals surface area contributed by atoms with Crippen molar-refractivity contribution < 1.29 is 9.53 Å². The molecule has 0 saturated carbocycles. The summed E-state index contributed by atoms with van der Waals surface area (Å²) >= 11 is 0. The van der Waals surface area contributed by atoms with Gasteiger partial charge in [0.2, 0.25) is 5.91 Å². The van der Waals surface area contributed by atoms with Crippen LogP contribution in [0.15, 0.2) is 48.8 Å². The minimum absolute atomic E-state index is 0.129. The van der Waals surface area contributed by atoms with Gasteiger partial charge in [0.15, 0.2) is 0 Å². The highest BCUT2D eigenvalue weighted by Gasteiger charge is 2.19. The molecule has 0 unspecified atom stereocenters. The molecule has 146 valence electrons. The highest BCUT2D eigenvalue weighted by Crippen LogP contribution is 2.28. The molecule has 0 aliphatic carbocycles. The van der Waals surface area contributed by atoms with Crippen LogP contribution in [-0.4, -0.2) is 61.8 Å². The number of carbonyl (C=O) groups excluding carboxylic acids is 1. The molecule has 1 amide bonds. The van der Waals surface area contributed by atoms with Gasteiger partial charge < -0.3 is 19.5 Å². The first-order chi connectivity index (χ1) is 13.3. The van der Waals surface area contributed by atoms with Gasteiger partial charge in [-0.25, -0.2) is 0 Å².